The summed E-state index contributed by atoms with van der Waals surface area (Å²) in [5.74, 6) is -0.00174. The zero-order valence-corrected chi connectivity index (χ0v) is 15.2. The molecule has 2 aromatic rings. The van der Waals surface area contributed by atoms with Crippen molar-refractivity contribution >= 4 is 29.0 Å². The lowest BCUT2D eigenvalue weighted by Gasteiger charge is -2.35. The molecule has 0 aromatic heterocycles. The minimum Gasteiger partial charge on any atom is -0.383 e. The van der Waals surface area contributed by atoms with Gasteiger partial charge in [-0.2, -0.15) is 0 Å². The second kappa shape index (κ2) is 8.35. The van der Waals surface area contributed by atoms with E-state index in [2.05, 4.69) is 10.2 Å². The number of carbonyl (C=O) groups excluding carboxylic acids is 1. The minimum absolute atomic E-state index is 0.00174. The average molecular weight is 366 g/mol. The van der Waals surface area contributed by atoms with Crippen LogP contribution in [0, 0.1) is 10.1 Å². The van der Waals surface area contributed by atoms with Gasteiger partial charge in [-0.05, 0) is 23.8 Å². The molecular formula is C20H22N4O3. The van der Waals surface area contributed by atoms with Gasteiger partial charge in [0.2, 0.25) is 5.91 Å². The van der Waals surface area contributed by atoms with Crippen molar-refractivity contribution in [3.63, 3.8) is 0 Å². The maximum Gasteiger partial charge on any atom is 0.292 e. The normalized spacial score (nSPS) is 14.4. The summed E-state index contributed by atoms with van der Waals surface area (Å²) in [6.07, 6.45) is 3.43. The van der Waals surface area contributed by atoms with Crippen molar-refractivity contribution in [3.05, 3.63) is 70.3 Å². The number of piperazine rings is 1. The monoisotopic (exact) mass is 366 g/mol. The molecule has 2 aromatic carbocycles. The Balaban J connectivity index is 1.61. The number of anilines is 2. The van der Waals surface area contributed by atoms with E-state index in [-0.39, 0.29) is 11.6 Å². The van der Waals surface area contributed by atoms with Gasteiger partial charge in [0.05, 0.1) is 4.92 Å². The summed E-state index contributed by atoms with van der Waals surface area (Å²) < 4.78 is 0. The van der Waals surface area contributed by atoms with Gasteiger partial charge in [0.15, 0.2) is 0 Å². The van der Waals surface area contributed by atoms with Crippen molar-refractivity contribution in [2.45, 2.75) is 0 Å². The Labute approximate surface area is 158 Å². The standard InChI is InChI=1S/C20H22N4O3/c1-21-18-15-17(8-9-19(18)24(26)27)22-11-13-23(14-12-22)20(25)10-7-16-5-3-2-4-6-16/h2-10,15,21H,11-14H2,1H3. The van der Waals surface area contributed by atoms with Crippen LogP contribution in [-0.2, 0) is 4.79 Å². The Kier molecular flexibility index (Phi) is 5.71. The van der Waals surface area contributed by atoms with Crippen LogP contribution >= 0.6 is 0 Å². The summed E-state index contributed by atoms with van der Waals surface area (Å²) in [6, 6.07) is 14.8. The molecule has 0 bridgehead atoms. The maximum atomic E-state index is 12.4. The van der Waals surface area contributed by atoms with Crippen LogP contribution in [-0.4, -0.2) is 49.0 Å². The fraction of sp³-hybridized carbons (Fsp3) is 0.250. The van der Waals surface area contributed by atoms with Crippen molar-refractivity contribution in [1.29, 1.82) is 0 Å². The molecule has 27 heavy (non-hydrogen) atoms. The first-order valence-corrected chi connectivity index (χ1v) is 8.81. The number of benzene rings is 2. The average Bonchev–Trinajstić information content (AvgIpc) is 2.72. The molecule has 0 radical (unpaired) electrons. The van der Waals surface area contributed by atoms with Gasteiger partial charge in [-0.3, -0.25) is 14.9 Å². The van der Waals surface area contributed by atoms with Crippen LogP contribution in [0.25, 0.3) is 6.08 Å². The van der Waals surface area contributed by atoms with Crippen LogP contribution in [0.5, 0.6) is 0 Å². The first-order chi connectivity index (χ1) is 13.1. The molecule has 3 rings (SSSR count). The Morgan fingerprint density at radius 3 is 2.44 bits per heavy atom. The molecule has 1 heterocycles. The number of hydrogen-bond donors (Lipinski definition) is 1. The molecule has 0 aliphatic carbocycles. The summed E-state index contributed by atoms with van der Waals surface area (Å²) in [7, 11) is 1.67. The number of nitro groups is 1. The van der Waals surface area contributed by atoms with E-state index in [9.17, 15) is 14.9 Å². The van der Waals surface area contributed by atoms with E-state index in [0.29, 0.717) is 31.9 Å². The summed E-state index contributed by atoms with van der Waals surface area (Å²) in [6.45, 7) is 2.60. The quantitative estimate of drug-likeness (QED) is 0.500. The van der Waals surface area contributed by atoms with Crippen LogP contribution in [0.3, 0.4) is 0 Å². The fourth-order valence-corrected chi connectivity index (χ4v) is 3.10. The van der Waals surface area contributed by atoms with Gasteiger partial charge in [0.25, 0.3) is 5.69 Å². The second-order valence-electron chi connectivity index (χ2n) is 6.26. The third kappa shape index (κ3) is 4.44. The van der Waals surface area contributed by atoms with Crippen molar-refractivity contribution in [1.82, 2.24) is 4.90 Å². The molecule has 0 saturated carbocycles. The van der Waals surface area contributed by atoms with Crippen LogP contribution < -0.4 is 10.2 Å². The Morgan fingerprint density at radius 1 is 1.11 bits per heavy atom. The van der Waals surface area contributed by atoms with Gasteiger partial charge in [-0.1, -0.05) is 30.3 Å². The molecule has 1 aliphatic rings. The second-order valence-corrected chi connectivity index (χ2v) is 6.26. The lowest BCUT2D eigenvalue weighted by atomic mass is 10.2. The molecule has 1 aliphatic heterocycles. The van der Waals surface area contributed by atoms with Crippen molar-refractivity contribution in [2.24, 2.45) is 0 Å². The molecule has 1 N–H and O–H groups in total. The number of carbonyl (C=O) groups is 1. The highest BCUT2D eigenvalue weighted by atomic mass is 16.6. The molecule has 0 atom stereocenters. The van der Waals surface area contributed by atoms with Crippen LogP contribution in [0.15, 0.2) is 54.6 Å². The van der Waals surface area contributed by atoms with Crippen LogP contribution in [0.1, 0.15) is 5.56 Å². The van der Waals surface area contributed by atoms with Gasteiger partial charge < -0.3 is 15.1 Å². The molecule has 1 saturated heterocycles. The summed E-state index contributed by atoms with van der Waals surface area (Å²) >= 11 is 0. The van der Waals surface area contributed by atoms with E-state index in [1.54, 1.807) is 25.3 Å². The van der Waals surface area contributed by atoms with Gasteiger partial charge >= 0.3 is 0 Å². The van der Waals surface area contributed by atoms with Gasteiger partial charge in [-0.25, -0.2) is 0 Å². The smallest absolute Gasteiger partial charge is 0.292 e. The zero-order valence-electron chi connectivity index (χ0n) is 15.2. The minimum atomic E-state index is -0.398. The third-order valence-corrected chi connectivity index (χ3v) is 4.62. The molecular weight excluding hydrogens is 344 g/mol. The van der Waals surface area contributed by atoms with E-state index >= 15 is 0 Å². The first kappa shape index (κ1) is 18.4. The van der Waals surface area contributed by atoms with E-state index in [4.69, 9.17) is 0 Å². The summed E-state index contributed by atoms with van der Waals surface area (Å²) in [5.41, 5.74) is 2.45. The lowest BCUT2D eigenvalue weighted by molar-refractivity contribution is -0.383. The largest absolute Gasteiger partial charge is 0.383 e. The zero-order chi connectivity index (χ0) is 19.2. The van der Waals surface area contributed by atoms with Gasteiger partial charge in [0.1, 0.15) is 5.69 Å². The summed E-state index contributed by atoms with van der Waals surface area (Å²) in [4.78, 5) is 27.0. The molecule has 0 spiro atoms. The van der Waals surface area contributed by atoms with Crippen LogP contribution in [0.4, 0.5) is 17.1 Å². The molecule has 7 nitrogen and oxygen atoms in total. The third-order valence-electron chi connectivity index (χ3n) is 4.62. The first-order valence-electron chi connectivity index (χ1n) is 8.81. The van der Waals surface area contributed by atoms with E-state index in [1.807, 2.05) is 41.3 Å². The summed E-state index contributed by atoms with van der Waals surface area (Å²) in [5, 5.41) is 13.9. The molecule has 1 amide bonds. The van der Waals surface area contributed by atoms with Crippen molar-refractivity contribution in [2.75, 3.05) is 43.4 Å². The number of nitrogens with one attached hydrogen (secondary N) is 1. The Bertz CT molecular complexity index is 844. The number of hydrogen-bond acceptors (Lipinski definition) is 5. The number of rotatable bonds is 5. The SMILES string of the molecule is CNc1cc(N2CCN(C(=O)C=Cc3ccccc3)CC2)ccc1[N+](=O)[O-]. The van der Waals surface area contributed by atoms with E-state index < -0.39 is 4.92 Å². The highest BCUT2D eigenvalue weighted by Gasteiger charge is 2.21. The van der Waals surface area contributed by atoms with Crippen LogP contribution in [0.2, 0.25) is 0 Å². The Hall–Kier alpha value is -3.35. The molecule has 1 fully saturated rings. The fourth-order valence-electron chi connectivity index (χ4n) is 3.10. The molecule has 0 unspecified atom stereocenters. The lowest BCUT2D eigenvalue weighted by Crippen LogP contribution is -2.48. The number of amides is 1. The van der Waals surface area contributed by atoms with Gasteiger partial charge in [-0.15, -0.1) is 0 Å². The number of nitrogens with zero attached hydrogens (tertiary/aromatic N) is 3. The topological polar surface area (TPSA) is 78.7 Å². The van der Waals surface area contributed by atoms with E-state index in [0.717, 1.165) is 11.3 Å². The Morgan fingerprint density at radius 2 is 1.81 bits per heavy atom. The molecule has 140 valence electrons. The highest BCUT2D eigenvalue weighted by molar-refractivity contribution is 5.92. The highest BCUT2D eigenvalue weighted by Crippen LogP contribution is 2.29. The maximum absolute atomic E-state index is 12.4. The predicted molar refractivity (Wildman–Crippen MR) is 107 cm³/mol. The predicted octanol–water partition coefficient (Wildman–Crippen LogP) is 3.00. The van der Waals surface area contributed by atoms with Crippen molar-refractivity contribution < 1.29 is 9.72 Å². The van der Waals surface area contributed by atoms with Gasteiger partial charge in [0, 0.05) is 51.1 Å². The number of nitro benzene ring substituents is 1. The molecule has 7 heteroatoms. The van der Waals surface area contributed by atoms with E-state index in [1.165, 1.54) is 6.07 Å². The van der Waals surface area contributed by atoms with Crippen molar-refractivity contribution in [3.8, 4) is 0 Å².